The van der Waals surface area contributed by atoms with Crippen LogP contribution < -0.4 is 0 Å². The Bertz CT molecular complexity index is 221. The van der Waals surface area contributed by atoms with Crippen LogP contribution in [0.2, 0.25) is 0 Å². The summed E-state index contributed by atoms with van der Waals surface area (Å²) in [7, 11) is 0. The van der Waals surface area contributed by atoms with Crippen LogP contribution >= 0.6 is 0 Å². The van der Waals surface area contributed by atoms with Crippen molar-refractivity contribution in [3.8, 4) is 0 Å². The molecule has 0 unspecified atom stereocenters. The van der Waals surface area contributed by atoms with Gasteiger partial charge in [-0.05, 0) is 26.7 Å². The third-order valence-electron chi connectivity index (χ3n) is 2.18. The minimum absolute atomic E-state index is 0.389. The number of ketones is 1. The second kappa shape index (κ2) is 7.30. The lowest BCUT2D eigenvalue weighted by Crippen LogP contribution is -2.02. The number of Topliss-reactive ketones (excluding diaryl/α,β-unsaturated/α-hetero) is 1. The van der Waals surface area contributed by atoms with Crippen LogP contribution in [0.4, 0.5) is 0 Å². The third-order valence-corrected chi connectivity index (χ3v) is 2.18. The van der Waals surface area contributed by atoms with E-state index in [1.54, 1.807) is 19.9 Å². The van der Waals surface area contributed by atoms with E-state index in [0.717, 1.165) is 25.7 Å². The zero-order valence-corrected chi connectivity index (χ0v) is 8.88. The number of rotatable bonds is 1. The molecule has 1 rings (SSSR count). The summed E-state index contributed by atoms with van der Waals surface area (Å²) in [5.41, 5.74) is 0.389. The second-order valence-corrected chi connectivity index (χ2v) is 3.38. The first kappa shape index (κ1) is 12.9. The summed E-state index contributed by atoms with van der Waals surface area (Å²) in [6.07, 6.45) is 6.80. The predicted octanol–water partition coefficient (Wildman–Crippen LogP) is 2.56. The summed E-state index contributed by atoms with van der Waals surface area (Å²) < 4.78 is 0. The normalized spacial score (nSPS) is 17.0. The first-order valence-electron chi connectivity index (χ1n) is 4.95. The molecular weight excluding hydrogens is 180 g/mol. The van der Waals surface area contributed by atoms with Gasteiger partial charge in [0.1, 0.15) is 5.78 Å². The van der Waals surface area contributed by atoms with Crippen molar-refractivity contribution in [3.05, 3.63) is 11.6 Å². The summed E-state index contributed by atoms with van der Waals surface area (Å²) in [6, 6.07) is 0. The van der Waals surface area contributed by atoms with Gasteiger partial charge >= 0.3 is 5.97 Å². The lowest BCUT2D eigenvalue weighted by atomic mass is 10.00. The van der Waals surface area contributed by atoms with Crippen LogP contribution in [0.5, 0.6) is 0 Å². The molecule has 0 atom stereocenters. The van der Waals surface area contributed by atoms with Gasteiger partial charge in [-0.15, -0.1) is 0 Å². The Kier molecular flexibility index (Phi) is 6.72. The lowest BCUT2D eigenvalue weighted by molar-refractivity contribution is -0.132. The molecule has 80 valence electrons. The van der Waals surface area contributed by atoms with Gasteiger partial charge in [-0.3, -0.25) is 4.79 Å². The molecule has 0 aromatic carbocycles. The monoisotopic (exact) mass is 198 g/mol. The molecule has 0 aromatic heterocycles. The smallest absolute Gasteiger partial charge is 0.330 e. The number of allylic oxidation sites excluding steroid dienone is 1. The number of carbonyl (C=O) groups excluding carboxylic acids is 1. The first-order valence-corrected chi connectivity index (χ1v) is 4.95. The molecule has 3 nitrogen and oxygen atoms in total. The molecular formula is C11H18O3. The molecule has 1 fully saturated rings. The van der Waals surface area contributed by atoms with Gasteiger partial charge in [0.05, 0.1) is 0 Å². The largest absolute Gasteiger partial charge is 0.478 e. The first-order chi connectivity index (χ1) is 6.57. The van der Waals surface area contributed by atoms with Crippen LogP contribution in [-0.4, -0.2) is 16.9 Å². The Labute approximate surface area is 84.8 Å². The highest BCUT2D eigenvalue weighted by Crippen LogP contribution is 2.12. The number of hydrogen-bond donors (Lipinski definition) is 1. The van der Waals surface area contributed by atoms with Crippen molar-refractivity contribution < 1.29 is 14.7 Å². The number of carbonyl (C=O) groups is 2. The maximum atomic E-state index is 10.5. The molecule has 0 spiro atoms. The Hall–Kier alpha value is -1.12. The van der Waals surface area contributed by atoms with E-state index < -0.39 is 5.97 Å². The molecule has 1 N–H and O–H groups in total. The fourth-order valence-electron chi connectivity index (χ4n) is 1.07. The van der Waals surface area contributed by atoms with Crippen LogP contribution in [0, 0.1) is 0 Å². The highest BCUT2D eigenvalue weighted by molar-refractivity contribution is 5.85. The maximum Gasteiger partial charge on any atom is 0.330 e. The van der Waals surface area contributed by atoms with Gasteiger partial charge in [-0.25, -0.2) is 4.79 Å². The van der Waals surface area contributed by atoms with Gasteiger partial charge in [0.15, 0.2) is 0 Å². The maximum absolute atomic E-state index is 10.5. The summed E-state index contributed by atoms with van der Waals surface area (Å²) in [5, 5.41) is 8.11. The Morgan fingerprint density at radius 3 is 1.93 bits per heavy atom. The van der Waals surface area contributed by atoms with Gasteiger partial charge in [0, 0.05) is 18.4 Å². The van der Waals surface area contributed by atoms with Gasteiger partial charge in [-0.2, -0.15) is 0 Å². The number of carboxylic acid groups (broad SMARTS) is 1. The average Bonchev–Trinajstić information content (AvgIpc) is 2.18. The number of aliphatic carboxylic acids is 1. The third kappa shape index (κ3) is 6.40. The molecule has 0 amide bonds. The van der Waals surface area contributed by atoms with E-state index in [0.29, 0.717) is 11.4 Å². The van der Waals surface area contributed by atoms with Crippen molar-refractivity contribution >= 4 is 11.8 Å². The van der Waals surface area contributed by atoms with Gasteiger partial charge in [0.2, 0.25) is 0 Å². The van der Waals surface area contributed by atoms with Crippen LogP contribution in [0.1, 0.15) is 46.0 Å². The number of carboxylic acids is 1. The minimum Gasteiger partial charge on any atom is -0.478 e. The van der Waals surface area contributed by atoms with Crippen LogP contribution in [0.25, 0.3) is 0 Å². The summed E-state index contributed by atoms with van der Waals surface area (Å²) in [6.45, 7) is 3.26. The molecule has 1 saturated carbocycles. The van der Waals surface area contributed by atoms with E-state index in [1.807, 2.05) is 0 Å². The SMILES string of the molecule is CC=C(C)C(=O)O.O=C1CCCCC1. The molecule has 0 aliphatic heterocycles. The summed E-state index contributed by atoms with van der Waals surface area (Å²) in [5.74, 6) is -0.381. The zero-order chi connectivity index (χ0) is 11.0. The predicted molar refractivity (Wildman–Crippen MR) is 55.2 cm³/mol. The van der Waals surface area contributed by atoms with Gasteiger partial charge in [-0.1, -0.05) is 12.5 Å². The standard InChI is InChI=1S/C6H10O.C5H8O2/c7-6-4-2-1-3-5-6;1-3-4(2)5(6)7/h1-5H2;3H,1-2H3,(H,6,7). The van der Waals surface area contributed by atoms with E-state index in [4.69, 9.17) is 5.11 Å². The second-order valence-electron chi connectivity index (χ2n) is 3.38. The topological polar surface area (TPSA) is 54.4 Å². The van der Waals surface area contributed by atoms with Crippen LogP contribution in [-0.2, 0) is 9.59 Å². The summed E-state index contributed by atoms with van der Waals surface area (Å²) in [4.78, 5) is 20.3. The molecule has 0 bridgehead atoms. The Morgan fingerprint density at radius 1 is 1.29 bits per heavy atom. The van der Waals surface area contributed by atoms with Crippen molar-refractivity contribution in [2.24, 2.45) is 0 Å². The molecule has 0 saturated heterocycles. The van der Waals surface area contributed by atoms with Crippen LogP contribution in [0.3, 0.4) is 0 Å². The van der Waals surface area contributed by atoms with Gasteiger partial charge < -0.3 is 5.11 Å². The highest BCUT2D eigenvalue weighted by Gasteiger charge is 2.05. The van der Waals surface area contributed by atoms with Crippen molar-refractivity contribution in [2.45, 2.75) is 46.0 Å². The zero-order valence-electron chi connectivity index (χ0n) is 8.88. The average molecular weight is 198 g/mol. The molecule has 1 aliphatic rings. The van der Waals surface area contributed by atoms with Crippen LogP contribution in [0.15, 0.2) is 11.6 Å². The molecule has 0 radical (unpaired) electrons. The summed E-state index contributed by atoms with van der Waals surface area (Å²) >= 11 is 0. The van der Waals surface area contributed by atoms with Crippen molar-refractivity contribution in [1.29, 1.82) is 0 Å². The molecule has 0 heterocycles. The number of hydrogen-bond acceptors (Lipinski definition) is 2. The van der Waals surface area contributed by atoms with E-state index in [1.165, 1.54) is 6.42 Å². The minimum atomic E-state index is -0.845. The fourth-order valence-corrected chi connectivity index (χ4v) is 1.07. The molecule has 1 aliphatic carbocycles. The van der Waals surface area contributed by atoms with E-state index in [-0.39, 0.29) is 0 Å². The molecule has 0 aromatic rings. The van der Waals surface area contributed by atoms with Crippen molar-refractivity contribution in [3.63, 3.8) is 0 Å². The van der Waals surface area contributed by atoms with Gasteiger partial charge in [0.25, 0.3) is 0 Å². The fraction of sp³-hybridized carbons (Fsp3) is 0.636. The van der Waals surface area contributed by atoms with E-state index >= 15 is 0 Å². The Morgan fingerprint density at radius 2 is 1.79 bits per heavy atom. The van der Waals surface area contributed by atoms with E-state index in [9.17, 15) is 9.59 Å². The van der Waals surface area contributed by atoms with Crippen molar-refractivity contribution in [2.75, 3.05) is 0 Å². The lowest BCUT2D eigenvalue weighted by Gasteiger charge is -2.05. The molecule has 3 heteroatoms. The Balaban J connectivity index is 0.000000241. The van der Waals surface area contributed by atoms with E-state index in [2.05, 4.69) is 0 Å². The molecule has 14 heavy (non-hydrogen) atoms. The highest BCUT2D eigenvalue weighted by atomic mass is 16.4. The van der Waals surface area contributed by atoms with Crippen molar-refractivity contribution in [1.82, 2.24) is 0 Å². The quantitative estimate of drug-likeness (QED) is 0.659.